The number of fused-ring (bicyclic) bond motifs is 1. The van der Waals surface area contributed by atoms with E-state index < -0.39 is 0 Å². The molecule has 1 aliphatic heterocycles. The van der Waals surface area contributed by atoms with Crippen LogP contribution in [0.2, 0.25) is 0 Å². The van der Waals surface area contributed by atoms with Crippen LogP contribution < -0.4 is 15.4 Å². The molecule has 7 nitrogen and oxygen atoms in total. The zero-order chi connectivity index (χ0) is 13.2. The third-order valence-electron chi connectivity index (χ3n) is 3.12. The van der Waals surface area contributed by atoms with Crippen LogP contribution in [0.5, 0.6) is 5.88 Å². The van der Waals surface area contributed by atoms with E-state index in [0.29, 0.717) is 24.7 Å². The van der Waals surface area contributed by atoms with E-state index in [2.05, 4.69) is 24.6 Å². The summed E-state index contributed by atoms with van der Waals surface area (Å²) in [6, 6.07) is 3.73. The molecular weight excluding hydrogens is 244 g/mol. The first-order valence-electron chi connectivity index (χ1n) is 6.29. The molecule has 3 rings (SSSR count). The first kappa shape index (κ1) is 11.8. The van der Waals surface area contributed by atoms with Crippen molar-refractivity contribution in [2.45, 2.75) is 20.0 Å². The van der Waals surface area contributed by atoms with Gasteiger partial charge in [-0.15, -0.1) is 10.2 Å². The number of rotatable bonds is 3. The zero-order valence-corrected chi connectivity index (χ0v) is 10.8. The molecule has 2 aromatic rings. The summed E-state index contributed by atoms with van der Waals surface area (Å²) in [5, 5.41) is 8.01. The molecule has 0 saturated carbocycles. The maximum absolute atomic E-state index is 5.83. The number of nitrogen functional groups attached to an aromatic ring is 1. The van der Waals surface area contributed by atoms with Crippen LogP contribution in [0.15, 0.2) is 18.5 Å². The van der Waals surface area contributed by atoms with Crippen LogP contribution in [0.1, 0.15) is 12.7 Å². The lowest BCUT2D eigenvalue weighted by Crippen LogP contribution is -2.34. The van der Waals surface area contributed by atoms with Crippen LogP contribution in [0.4, 0.5) is 11.5 Å². The molecular formula is C12H16N6O. The highest BCUT2D eigenvalue weighted by molar-refractivity contribution is 5.54. The molecule has 19 heavy (non-hydrogen) atoms. The molecule has 0 spiro atoms. The number of hydrogen-bond donors (Lipinski definition) is 1. The van der Waals surface area contributed by atoms with Gasteiger partial charge in [-0.05, 0) is 19.1 Å². The van der Waals surface area contributed by atoms with Crippen molar-refractivity contribution in [3.63, 3.8) is 0 Å². The Balaban J connectivity index is 1.85. The molecule has 0 fully saturated rings. The molecule has 0 amide bonds. The highest BCUT2D eigenvalue weighted by atomic mass is 16.5. The molecule has 3 heterocycles. The van der Waals surface area contributed by atoms with Gasteiger partial charge < -0.3 is 19.9 Å². The van der Waals surface area contributed by atoms with Crippen molar-refractivity contribution >= 4 is 11.5 Å². The largest absolute Gasteiger partial charge is 0.476 e. The topological polar surface area (TPSA) is 82.1 Å². The summed E-state index contributed by atoms with van der Waals surface area (Å²) in [6.45, 7) is 4.89. The Hall–Kier alpha value is -2.31. The molecule has 2 aromatic heterocycles. The van der Waals surface area contributed by atoms with E-state index >= 15 is 0 Å². The molecule has 0 radical (unpaired) electrons. The van der Waals surface area contributed by atoms with Gasteiger partial charge in [-0.25, -0.2) is 0 Å². The Morgan fingerprint density at radius 3 is 3.11 bits per heavy atom. The third kappa shape index (κ3) is 2.18. The number of nitrogens with zero attached hydrogens (tertiary/aromatic N) is 5. The molecule has 0 saturated heterocycles. The first-order chi connectivity index (χ1) is 9.28. The van der Waals surface area contributed by atoms with E-state index in [9.17, 15) is 0 Å². The molecule has 2 N–H and O–H groups in total. The van der Waals surface area contributed by atoms with Crippen LogP contribution in [0.3, 0.4) is 0 Å². The van der Waals surface area contributed by atoms with Crippen LogP contribution in [0.25, 0.3) is 0 Å². The van der Waals surface area contributed by atoms with Crippen molar-refractivity contribution in [3.05, 3.63) is 24.3 Å². The van der Waals surface area contributed by atoms with Crippen molar-refractivity contribution in [2.24, 2.45) is 0 Å². The normalized spacial score (nSPS) is 14.3. The van der Waals surface area contributed by atoms with Crippen LogP contribution >= 0.6 is 0 Å². The number of nitrogens with two attached hydrogens (primary N) is 1. The highest BCUT2D eigenvalue weighted by Gasteiger charge is 2.19. The minimum Gasteiger partial charge on any atom is -0.476 e. The van der Waals surface area contributed by atoms with Gasteiger partial charge in [-0.2, -0.15) is 4.98 Å². The molecule has 100 valence electrons. The Morgan fingerprint density at radius 1 is 1.37 bits per heavy atom. The summed E-state index contributed by atoms with van der Waals surface area (Å²) >= 11 is 0. The van der Waals surface area contributed by atoms with Crippen molar-refractivity contribution in [2.75, 3.05) is 23.8 Å². The summed E-state index contributed by atoms with van der Waals surface area (Å²) in [4.78, 5) is 6.61. The lowest BCUT2D eigenvalue weighted by molar-refractivity contribution is 0.328. The molecule has 0 unspecified atom stereocenters. The minimum atomic E-state index is 0.493. The Morgan fingerprint density at radius 2 is 2.26 bits per heavy atom. The maximum Gasteiger partial charge on any atom is 0.239 e. The molecule has 0 aromatic carbocycles. The fourth-order valence-corrected chi connectivity index (χ4v) is 2.13. The number of ether oxygens (including phenoxy) is 1. The van der Waals surface area contributed by atoms with Gasteiger partial charge in [-0.3, -0.25) is 0 Å². The number of anilines is 2. The van der Waals surface area contributed by atoms with Crippen molar-refractivity contribution < 1.29 is 4.74 Å². The van der Waals surface area contributed by atoms with E-state index in [1.54, 1.807) is 6.33 Å². The Kier molecular flexibility index (Phi) is 2.94. The van der Waals surface area contributed by atoms with E-state index in [1.807, 2.05) is 19.1 Å². The van der Waals surface area contributed by atoms with Crippen LogP contribution in [-0.2, 0) is 13.1 Å². The van der Waals surface area contributed by atoms with Crippen LogP contribution in [0, 0.1) is 0 Å². The highest BCUT2D eigenvalue weighted by Crippen LogP contribution is 2.25. The lowest BCUT2D eigenvalue weighted by Gasteiger charge is -2.28. The second-order valence-electron chi connectivity index (χ2n) is 4.36. The molecule has 7 heteroatoms. The second kappa shape index (κ2) is 4.75. The van der Waals surface area contributed by atoms with Gasteiger partial charge in [0.15, 0.2) is 5.82 Å². The summed E-state index contributed by atoms with van der Waals surface area (Å²) in [5.41, 5.74) is 6.39. The number of aromatic nitrogens is 4. The van der Waals surface area contributed by atoms with E-state index in [0.717, 1.165) is 24.7 Å². The Bertz CT molecular complexity index is 581. The SMILES string of the molecule is CCOc1nc(N2CCn3cnnc3C2)ccc1N. The summed E-state index contributed by atoms with van der Waals surface area (Å²) in [7, 11) is 0. The van der Waals surface area contributed by atoms with Gasteiger partial charge >= 0.3 is 0 Å². The number of pyridine rings is 1. The fourth-order valence-electron chi connectivity index (χ4n) is 2.13. The second-order valence-corrected chi connectivity index (χ2v) is 4.36. The van der Waals surface area contributed by atoms with Crippen molar-refractivity contribution in [1.82, 2.24) is 19.7 Å². The van der Waals surface area contributed by atoms with Crippen LogP contribution in [-0.4, -0.2) is 32.9 Å². The quantitative estimate of drug-likeness (QED) is 0.873. The smallest absolute Gasteiger partial charge is 0.239 e. The third-order valence-corrected chi connectivity index (χ3v) is 3.12. The standard InChI is InChI=1S/C12H16N6O/c1-2-19-12-9(13)3-4-10(15-12)17-5-6-18-8-14-16-11(18)7-17/h3-4,8H,2,5-7,13H2,1H3. The molecule has 0 atom stereocenters. The van der Waals surface area contributed by atoms with Crippen molar-refractivity contribution in [1.29, 1.82) is 0 Å². The van der Waals surface area contributed by atoms with Crippen molar-refractivity contribution in [3.8, 4) is 5.88 Å². The fraction of sp³-hybridized carbons (Fsp3) is 0.417. The summed E-state index contributed by atoms with van der Waals surface area (Å²) in [6.07, 6.45) is 1.76. The monoisotopic (exact) mass is 260 g/mol. The summed E-state index contributed by atoms with van der Waals surface area (Å²) in [5.74, 6) is 2.29. The minimum absolute atomic E-state index is 0.493. The van der Waals surface area contributed by atoms with E-state index in [4.69, 9.17) is 10.5 Å². The number of hydrogen-bond acceptors (Lipinski definition) is 6. The molecule has 0 bridgehead atoms. The van der Waals surface area contributed by atoms with E-state index in [1.165, 1.54) is 0 Å². The zero-order valence-electron chi connectivity index (χ0n) is 10.8. The maximum atomic E-state index is 5.83. The predicted octanol–water partition coefficient (Wildman–Crippen LogP) is 0.674. The molecule has 1 aliphatic rings. The van der Waals surface area contributed by atoms with Gasteiger partial charge in [0.05, 0.1) is 18.8 Å². The van der Waals surface area contributed by atoms with Gasteiger partial charge in [0, 0.05) is 13.1 Å². The Labute approximate surface area is 111 Å². The summed E-state index contributed by atoms with van der Waals surface area (Å²) < 4.78 is 7.48. The average Bonchev–Trinajstić information content (AvgIpc) is 2.89. The first-order valence-corrected chi connectivity index (χ1v) is 6.29. The lowest BCUT2D eigenvalue weighted by atomic mass is 10.3. The van der Waals surface area contributed by atoms with E-state index in [-0.39, 0.29) is 0 Å². The average molecular weight is 260 g/mol. The van der Waals surface area contributed by atoms with Gasteiger partial charge in [-0.1, -0.05) is 0 Å². The van der Waals surface area contributed by atoms with Gasteiger partial charge in [0.1, 0.15) is 12.1 Å². The predicted molar refractivity (Wildman–Crippen MR) is 70.9 cm³/mol. The van der Waals surface area contributed by atoms with Gasteiger partial charge in [0.2, 0.25) is 5.88 Å². The van der Waals surface area contributed by atoms with Gasteiger partial charge in [0.25, 0.3) is 0 Å². The molecule has 0 aliphatic carbocycles.